The first-order valence-corrected chi connectivity index (χ1v) is 11.2. The van der Waals surface area contributed by atoms with E-state index in [0.717, 1.165) is 48.1 Å². The summed E-state index contributed by atoms with van der Waals surface area (Å²) >= 11 is 0. The number of anilines is 1. The molecule has 0 spiro atoms. The van der Waals surface area contributed by atoms with Crippen LogP contribution in [0, 0.1) is 11.3 Å². The van der Waals surface area contributed by atoms with Crippen LogP contribution < -0.4 is 19.9 Å². The van der Waals surface area contributed by atoms with E-state index < -0.39 is 0 Å². The van der Waals surface area contributed by atoms with Crippen molar-refractivity contribution in [3.8, 4) is 34.4 Å². The van der Waals surface area contributed by atoms with Crippen LogP contribution in [0.25, 0.3) is 11.1 Å². The average molecular weight is 424 g/mol. The molecule has 0 aliphatic heterocycles. The molecule has 0 atom stereocenters. The topological polar surface area (TPSA) is 90.4 Å². The molecule has 6 nitrogen and oxygen atoms in total. The zero-order chi connectivity index (χ0) is 22.2. The van der Waals surface area contributed by atoms with Crippen molar-refractivity contribution in [3.05, 3.63) is 29.0 Å². The Balaban J connectivity index is 2.27. The molecule has 0 amide bonds. The highest BCUT2D eigenvalue weighted by atomic mass is 16.5. The molecule has 1 aromatic carbocycles. The van der Waals surface area contributed by atoms with Crippen molar-refractivity contribution in [1.29, 1.82) is 5.26 Å². The normalized spacial score (nSPS) is 15.0. The molecular formula is C25H33N3O3. The monoisotopic (exact) mass is 423 g/mol. The largest absolute Gasteiger partial charge is 0.496 e. The maximum absolute atomic E-state index is 10.0. The van der Waals surface area contributed by atoms with Crippen LogP contribution in [0.15, 0.2) is 12.1 Å². The van der Waals surface area contributed by atoms with E-state index in [4.69, 9.17) is 24.9 Å². The number of nitriles is 1. The second kappa shape index (κ2) is 10.9. The molecule has 2 N–H and O–H groups in total. The fourth-order valence-corrected chi connectivity index (χ4v) is 4.46. The minimum Gasteiger partial charge on any atom is -0.496 e. The van der Waals surface area contributed by atoms with Gasteiger partial charge < -0.3 is 19.9 Å². The number of hydrogen-bond donors (Lipinski definition) is 1. The van der Waals surface area contributed by atoms with E-state index in [-0.39, 0.29) is 5.82 Å². The van der Waals surface area contributed by atoms with Gasteiger partial charge in [-0.1, -0.05) is 38.5 Å². The first-order valence-electron chi connectivity index (χ1n) is 11.2. The third-order valence-corrected chi connectivity index (χ3v) is 6.08. The molecule has 0 saturated carbocycles. The van der Waals surface area contributed by atoms with Gasteiger partial charge in [-0.25, -0.2) is 4.98 Å². The lowest BCUT2D eigenvalue weighted by atomic mass is 9.88. The fraction of sp³-hybridized carbons (Fsp3) is 0.520. The van der Waals surface area contributed by atoms with Gasteiger partial charge in [0.15, 0.2) is 0 Å². The lowest BCUT2D eigenvalue weighted by Crippen LogP contribution is -2.10. The Kier molecular flexibility index (Phi) is 8.00. The molecular weight excluding hydrogens is 390 g/mol. The zero-order valence-electron chi connectivity index (χ0n) is 18.9. The van der Waals surface area contributed by atoms with E-state index in [1.165, 1.54) is 38.5 Å². The molecule has 3 rings (SSSR count). The van der Waals surface area contributed by atoms with Gasteiger partial charge >= 0.3 is 0 Å². The lowest BCUT2D eigenvalue weighted by Gasteiger charge is -2.22. The summed E-state index contributed by atoms with van der Waals surface area (Å²) < 4.78 is 16.9. The van der Waals surface area contributed by atoms with E-state index in [9.17, 15) is 5.26 Å². The molecule has 0 bridgehead atoms. The highest BCUT2D eigenvalue weighted by Gasteiger charge is 2.26. The number of nitrogen functional groups attached to an aromatic ring is 1. The summed E-state index contributed by atoms with van der Waals surface area (Å²) in [7, 11) is 4.83. The van der Waals surface area contributed by atoms with Crippen molar-refractivity contribution in [1.82, 2.24) is 4.98 Å². The van der Waals surface area contributed by atoms with Crippen molar-refractivity contribution in [2.24, 2.45) is 0 Å². The standard InChI is InChI=1S/C25H33N3O3/c1-29-17-14-21(30-2)24(22(15-17)31-3)23-18-12-10-8-6-4-5-7-9-11-13-20(18)28-25(27)19(23)16-26/h14-15H,4-13H2,1-3H3,(H2,27,28). The fourth-order valence-electron chi connectivity index (χ4n) is 4.46. The maximum atomic E-state index is 10.0. The third kappa shape index (κ3) is 5.04. The van der Waals surface area contributed by atoms with E-state index in [2.05, 4.69) is 6.07 Å². The van der Waals surface area contributed by atoms with Crippen molar-refractivity contribution in [3.63, 3.8) is 0 Å². The van der Waals surface area contributed by atoms with Gasteiger partial charge in [-0.3, -0.25) is 0 Å². The van der Waals surface area contributed by atoms with Crippen LogP contribution in [0.5, 0.6) is 17.2 Å². The summed E-state index contributed by atoms with van der Waals surface area (Å²) in [5.74, 6) is 2.07. The van der Waals surface area contributed by atoms with Crippen LogP contribution in [0.4, 0.5) is 5.82 Å². The molecule has 0 fully saturated rings. The minimum atomic E-state index is 0.267. The predicted octanol–water partition coefficient (Wildman–Crippen LogP) is 5.45. The molecule has 0 unspecified atom stereocenters. The summed E-state index contributed by atoms with van der Waals surface area (Å²) in [6.07, 6.45) is 11.3. The molecule has 31 heavy (non-hydrogen) atoms. The van der Waals surface area contributed by atoms with Gasteiger partial charge in [0.05, 0.1) is 26.9 Å². The van der Waals surface area contributed by atoms with E-state index in [1.54, 1.807) is 21.3 Å². The Morgan fingerprint density at radius 2 is 1.35 bits per heavy atom. The Morgan fingerprint density at radius 3 is 1.87 bits per heavy atom. The third-order valence-electron chi connectivity index (χ3n) is 6.08. The van der Waals surface area contributed by atoms with Crippen molar-refractivity contribution in [2.75, 3.05) is 27.1 Å². The summed E-state index contributed by atoms with van der Waals surface area (Å²) in [5, 5.41) is 10.0. The van der Waals surface area contributed by atoms with Crippen molar-refractivity contribution in [2.45, 2.75) is 64.2 Å². The number of pyridine rings is 1. The molecule has 0 radical (unpaired) electrons. The summed E-state index contributed by atoms with van der Waals surface area (Å²) in [4.78, 5) is 4.69. The van der Waals surface area contributed by atoms with Gasteiger partial charge in [-0.15, -0.1) is 0 Å². The number of aromatic nitrogens is 1. The van der Waals surface area contributed by atoms with Gasteiger partial charge in [-0.05, 0) is 31.2 Å². The number of nitrogens with two attached hydrogens (primary N) is 1. The Bertz CT molecular complexity index is 925. The molecule has 0 saturated heterocycles. The smallest absolute Gasteiger partial charge is 0.142 e. The number of nitrogens with zero attached hydrogens (tertiary/aromatic N) is 2. The zero-order valence-corrected chi connectivity index (χ0v) is 18.9. The molecule has 1 heterocycles. The van der Waals surface area contributed by atoms with Gasteiger partial charge in [0.2, 0.25) is 0 Å². The molecule has 166 valence electrons. The summed E-state index contributed by atoms with van der Waals surface area (Å²) in [6.45, 7) is 0. The Labute approximate surface area is 185 Å². The van der Waals surface area contributed by atoms with E-state index in [0.29, 0.717) is 22.8 Å². The van der Waals surface area contributed by atoms with Crippen LogP contribution in [0.1, 0.15) is 68.2 Å². The molecule has 1 aromatic heterocycles. The molecule has 1 aliphatic rings. The van der Waals surface area contributed by atoms with Gasteiger partial charge in [0, 0.05) is 23.4 Å². The van der Waals surface area contributed by atoms with Gasteiger partial charge in [0.25, 0.3) is 0 Å². The minimum absolute atomic E-state index is 0.267. The average Bonchev–Trinajstić information content (AvgIpc) is 2.78. The maximum Gasteiger partial charge on any atom is 0.142 e. The number of benzene rings is 1. The van der Waals surface area contributed by atoms with Crippen LogP contribution in [0.3, 0.4) is 0 Å². The van der Waals surface area contributed by atoms with Crippen LogP contribution in [-0.4, -0.2) is 26.3 Å². The van der Waals surface area contributed by atoms with Crippen molar-refractivity contribution >= 4 is 5.82 Å². The highest BCUT2D eigenvalue weighted by molar-refractivity contribution is 5.87. The number of aryl methyl sites for hydroxylation is 1. The predicted molar refractivity (Wildman–Crippen MR) is 123 cm³/mol. The van der Waals surface area contributed by atoms with Gasteiger partial charge in [0.1, 0.15) is 34.7 Å². The van der Waals surface area contributed by atoms with Crippen LogP contribution in [-0.2, 0) is 12.8 Å². The first kappa shape index (κ1) is 22.7. The molecule has 6 heteroatoms. The quantitative estimate of drug-likeness (QED) is 0.703. The summed E-state index contributed by atoms with van der Waals surface area (Å²) in [5.41, 5.74) is 10.3. The van der Waals surface area contributed by atoms with Crippen molar-refractivity contribution < 1.29 is 14.2 Å². The van der Waals surface area contributed by atoms with Crippen LogP contribution >= 0.6 is 0 Å². The first-order chi connectivity index (χ1) is 15.1. The summed E-state index contributed by atoms with van der Waals surface area (Å²) in [6, 6.07) is 5.93. The lowest BCUT2D eigenvalue weighted by molar-refractivity contribution is 0.377. The highest BCUT2D eigenvalue weighted by Crippen LogP contribution is 2.46. The molecule has 1 aliphatic carbocycles. The second-order valence-corrected chi connectivity index (χ2v) is 8.02. The van der Waals surface area contributed by atoms with E-state index >= 15 is 0 Å². The number of rotatable bonds is 4. The molecule has 2 aromatic rings. The number of fused-ring (bicyclic) bond motifs is 1. The number of hydrogen-bond acceptors (Lipinski definition) is 6. The van der Waals surface area contributed by atoms with E-state index in [1.807, 2.05) is 12.1 Å². The van der Waals surface area contributed by atoms with Gasteiger partial charge in [-0.2, -0.15) is 5.26 Å². The Morgan fingerprint density at radius 1 is 0.806 bits per heavy atom. The number of ether oxygens (including phenoxy) is 3. The SMILES string of the molecule is COc1cc(OC)c(-c2c(C#N)c(N)nc3c2CCCCCCCCCC3)c(OC)c1. The second-order valence-electron chi connectivity index (χ2n) is 8.02. The Hall–Kier alpha value is -2.94. The number of methoxy groups -OCH3 is 3. The van der Waals surface area contributed by atoms with Crippen LogP contribution in [0.2, 0.25) is 0 Å².